The van der Waals surface area contributed by atoms with Crippen LogP contribution in [0.3, 0.4) is 0 Å². The number of nitrogens with one attached hydrogen (secondary N) is 3. The van der Waals surface area contributed by atoms with E-state index in [-0.39, 0.29) is 35.9 Å². The Kier molecular flexibility index (Phi) is 17.5. The summed E-state index contributed by atoms with van der Waals surface area (Å²) in [6, 6.07) is 0.178. The first-order valence-electron chi connectivity index (χ1n) is 8.35. The molecule has 0 aliphatic carbocycles. The first kappa shape index (κ1) is 24.7. The summed E-state index contributed by atoms with van der Waals surface area (Å²) in [4.78, 5) is 16.0. The van der Waals surface area contributed by atoms with E-state index in [0.717, 1.165) is 25.5 Å². The molecule has 0 aromatic heterocycles. The molecule has 6 nitrogen and oxygen atoms in total. The molecule has 0 spiro atoms. The minimum absolute atomic E-state index is 0. The van der Waals surface area contributed by atoms with Crippen molar-refractivity contribution < 1.29 is 9.53 Å². The van der Waals surface area contributed by atoms with Crippen molar-refractivity contribution in [2.75, 3.05) is 32.8 Å². The number of hydrogen-bond acceptors (Lipinski definition) is 3. The van der Waals surface area contributed by atoms with Crippen LogP contribution in [0.25, 0.3) is 0 Å². The van der Waals surface area contributed by atoms with E-state index in [4.69, 9.17) is 4.74 Å². The van der Waals surface area contributed by atoms with Crippen LogP contribution in [0.2, 0.25) is 0 Å². The maximum atomic E-state index is 11.5. The van der Waals surface area contributed by atoms with Gasteiger partial charge in [0.1, 0.15) is 0 Å². The van der Waals surface area contributed by atoms with Gasteiger partial charge in [-0.25, -0.2) is 0 Å². The fourth-order valence-corrected chi connectivity index (χ4v) is 1.67. The van der Waals surface area contributed by atoms with Gasteiger partial charge in [0.15, 0.2) is 5.96 Å². The Morgan fingerprint density at radius 2 is 1.83 bits per heavy atom. The molecule has 7 heteroatoms. The summed E-state index contributed by atoms with van der Waals surface area (Å²) in [7, 11) is 0. The Morgan fingerprint density at radius 1 is 1.13 bits per heavy atom. The van der Waals surface area contributed by atoms with Crippen molar-refractivity contribution in [3.05, 3.63) is 0 Å². The Labute approximate surface area is 158 Å². The van der Waals surface area contributed by atoms with Gasteiger partial charge in [-0.05, 0) is 33.1 Å². The van der Waals surface area contributed by atoms with Gasteiger partial charge in [-0.2, -0.15) is 0 Å². The molecule has 3 N–H and O–H groups in total. The lowest BCUT2D eigenvalue weighted by Crippen LogP contribution is -2.40. The number of hydrogen-bond donors (Lipinski definition) is 3. The molecule has 0 aromatic rings. The molecule has 0 rings (SSSR count). The molecule has 0 atom stereocenters. The van der Waals surface area contributed by atoms with Crippen LogP contribution in [0, 0.1) is 5.92 Å². The third kappa shape index (κ3) is 17.6. The molecule has 138 valence electrons. The Bertz CT molecular complexity index is 323. The van der Waals surface area contributed by atoms with Crippen LogP contribution in [0.15, 0.2) is 4.99 Å². The minimum Gasteiger partial charge on any atom is -0.380 e. The molecule has 0 heterocycles. The summed E-state index contributed by atoms with van der Waals surface area (Å²) in [6.07, 6.45) is 1.51. The highest BCUT2D eigenvalue weighted by Gasteiger charge is 2.03. The highest BCUT2D eigenvalue weighted by molar-refractivity contribution is 14.0. The second kappa shape index (κ2) is 16.3. The van der Waals surface area contributed by atoms with Crippen LogP contribution in [0.5, 0.6) is 0 Å². The second-order valence-corrected chi connectivity index (χ2v) is 5.95. The van der Waals surface area contributed by atoms with Crippen LogP contribution in [0.1, 0.15) is 47.5 Å². The highest BCUT2D eigenvalue weighted by Crippen LogP contribution is 1.98. The van der Waals surface area contributed by atoms with Gasteiger partial charge in [0, 0.05) is 32.2 Å². The average molecular weight is 442 g/mol. The van der Waals surface area contributed by atoms with Crippen LogP contribution in [0.4, 0.5) is 0 Å². The van der Waals surface area contributed by atoms with E-state index < -0.39 is 0 Å². The highest BCUT2D eigenvalue weighted by atomic mass is 127. The second-order valence-electron chi connectivity index (χ2n) is 5.95. The van der Waals surface area contributed by atoms with E-state index in [2.05, 4.69) is 34.8 Å². The SMILES string of the molecule is CCNC(=NCCOCCC(C)C)NCCC(=O)NC(C)C.I. The zero-order chi connectivity index (χ0) is 16.8. The average Bonchev–Trinajstić information content (AvgIpc) is 2.41. The number of halogens is 1. The molecule has 1 amide bonds. The number of ether oxygens (including phenoxy) is 1. The summed E-state index contributed by atoms with van der Waals surface area (Å²) >= 11 is 0. The third-order valence-electron chi connectivity index (χ3n) is 2.78. The monoisotopic (exact) mass is 442 g/mol. The lowest BCUT2D eigenvalue weighted by molar-refractivity contribution is -0.121. The minimum atomic E-state index is 0. The van der Waals surface area contributed by atoms with Gasteiger partial charge in [-0.15, -0.1) is 24.0 Å². The zero-order valence-corrected chi connectivity index (χ0v) is 17.6. The van der Waals surface area contributed by atoms with Crippen molar-refractivity contribution in [1.29, 1.82) is 0 Å². The number of amides is 1. The van der Waals surface area contributed by atoms with Crippen molar-refractivity contribution in [2.24, 2.45) is 10.9 Å². The van der Waals surface area contributed by atoms with Crippen molar-refractivity contribution in [1.82, 2.24) is 16.0 Å². The van der Waals surface area contributed by atoms with Gasteiger partial charge in [0.25, 0.3) is 0 Å². The Hall–Kier alpha value is -0.570. The summed E-state index contributed by atoms with van der Waals surface area (Å²) in [6.45, 7) is 13.7. The molecule has 0 radical (unpaired) electrons. The predicted octanol–water partition coefficient (Wildman–Crippen LogP) is 2.14. The largest absolute Gasteiger partial charge is 0.380 e. The maximum Gasteiger partial charge on any atom is 0.221 e. The van der Waals surface area contributed by atoms with Crippen molar-refractivity contribution in [3.63, 3.8) is 0 Å². The van der Waals surface area contributed by atoms with E-state index in [0.29, 0.717) is 32.0 Å². The van der Waals surface area contributed by atoms with E-state index >= 15 is 0 Å². The molecule has 0 bridgehead atoms. The molecule has 0 unspecified atom stereocenters. The van der Waals surface area contributed by atoms with Gasteiger partial charge >= 0.3 is 0 Å². The molecule has 23 heavy (non-hydrogen) atoms. The lowest BCUT2D eigenvalue weighted by atomic mass is 10.1. The predicted molar refractivity (Wildman–Crippen MR) is 108 cm³/mol. The molecule has 0 saturated heterocycles. The van der Waals surface area contributed by atoms with Crippen LogP contribution in [-0.2, 0) is 9.53 Å². The first-order valence-corrected chi connectivity index (χ1v) is 8.35. The summed E-state index contributed by atoms with van der Waals surface area (Å²) in [5.74, 6) is 1.45. The fraction of sp³-hybridized carbons (Fsp3) is 0.875. The fourth-order valence-electron chi connectivity index (χ4n) is 1.67. The number of nitrogens with zero attached hydrogens (tertiary/aromatic N) is 1. The molecular weight excluding hydrogens is 407 g/mol. The van der Waals surface area contributed by atoms with E-state index in [1.54, 1.807) is 0 Å². The molecule has 0 aromatic carbocycles. The smallest absolute Gasteiger partial charge is 0.221 e. The Balaban J connectivity index is 0. The molecule has 0 aliphatic heterocycles. The summed E-state index contributed by atoms with van der Waals surface area (Å²) in [5, 5.41) is 9.18. The molecule has 0 fully saturated rings. The lowest BCUT2D eigenvalue weighted by Gasteiger charge is -2.12. The van der Waals surface area contributed by atoms with Crippen molar-refractivity contribution >= 4 is 35.8 Å². The van der Waals surface area contributed by atoms with Crippen LogP contribution >= 0.6 is 24.0 Å². The number of carbonyl (C=O) groups excluding carboxylic acids is 1. The van der Waals surface area contributed by atoms with E-state index in [1.165, 1.54) is 0 Å². The number of rotatable bonds is 11. The molecule has 0 aliphatic rings. The van der Waals surface area contributed by atoms with Crippen LogP contribution in [-0.4, -0.2) is 50.8 Å². The summed E-state index contributed by atoms with van der Waals surface area (Å²) < 4.78 is 5.53. The molecule has 0 saturated carbocycles. The van der Waals surface area contributed by atoms with Gasteiger partial charge in [0.05, 0.1) is 13.2 Å². The first-order chi connectivity index (χ1) is 10.5. The van der Waals surface area contributed by atoms with Gasteiger partial charge < -0.3 is 20.7 Å². The molecular formula is C16H35IN4O2. The third-order valence-corrected chi connectivity index (χ3v) is 2.78. The van der Waals surface area contributed by atoms with Gasteiger partial charge in [-0.1, -0.05) is 13.8 Å². The number of guanidine groups is 1. The topological polar surface area (TPSA) is 74.8 Å². The maximum absolute atomic E-state index is 11.5. The van der Waals surface area contributed by atoms with Crippen molar-refractivity contribution in [3.8, 4) is 0 Å². The number of carbonyl (C=O) groups is 1. The van der Waals surface area contributed by atoms with Crippen LogP contribution < -0.4 is 16.0 Å². The summed E-state index contributed by atoms with van der Waals surface area (Å²) in [5.41, 5.74) is 0. The zero-order valence-electron chi connectivity index (χ0n) is 15.3. The van der Waals surface area contributed by atoms with E-state index in [9.17, 15) is 4.79 Å². The normalized spacial score (nSPS) is 11.3. The van der Waals surface area contributed by atoms with Gasteiger partial charge in [-0.3, -0.25) is 9.79 Å². The standard InChI is InChI=1S/C16H34N4O2.HI/c1-6-17-16(18-9-7-15(21)20-14(4)5)19-10-12-22-11-8-13(2)3;/h13-14H,6-12H2,1-5H3,(H,20,21)(H2,17,18,19);1H. The number of aliphatic imine (C=N–C) groups is 1. The Morgan fingerprint density at radius 3 is 2.39 bits per heavy atom. The quantitative estimate of drug-likeness (QED) is 0.198. The van der Waals surface area contributed by atoms with Gasteiger partial charge in [0.2, 0.25) is 5.91 Å². The van der Waals surface area contributed by atoms with Crippen molar-refractivity contribution in [2.45, 2.75) is 53.5 Å². The van der Waals surface area contributed by atoms with E-state index in [1.807, 2.05) is 20.8 Å².